The van der Waals surface area contributed by atoms with Crippen LogP contribution in [0.5, 0.6) is 0 Å². The number of aromatic nitrogens is 5. The number of rotatable bonds is 6. The van der Waals surface area contributed by atoms with Gasteiger partial charge in [0.25, 0.3) is 0 Å². The average molecular weight is 1690 g/mol. The SMILES string of the molecule is c1ccc(-c2cccc(-n3c4cc5sc6cc7c(cc6c5cc4c4cccnc43)[nH]c3ccc(-c4ccc5ccccc5c4)cc37)c2)cc1.c1ccc(-c2cccc(-n3c4ccccc4c4cc5c(cc43)sc3ccc4c(c35)-c3ccccc3C4)c2)cc1.c1ccc2c(c1)Cc1ccc3sc4cc5c(cc4c3c1-2)c1ccccc1n5-c1cc2ccccc2c2ccccc12. The van der Waals surface area contributed by atoms with Crippen LogP contribution in [0.4, 0.5) is 0 Å². The van der Waals surface area contributed by atoms with Crippen molar-refractivity contribution in [3.63, 3.8) is 0 Å². The van der Waals surface area contributed by atoms with Gasteiger partial charge in [0.05, 0.1) is 33.3 Å². The van der Waals surface area contributed by atoms with Crippen LogP contribution >= 0.6 is 34.0 Å². The van der Waals surface area contributed by atoms with Gasteiger partial charge in [0.2, 0.25) is 0 Å². The zero-order valence-corrected chi connectivity index (χ0v) is 72.1. The van der Waals surface area contributed by atoms with Crippen LogP contribution in [-0.2, 0) is 12.8 Å². The summed E-state index contributed by atoms with van der Waals surface area (Å²) in [5.74, 6) is 0. The van der Waals surface area contributed by atoms with Crippen molar-refractivity contribution in [1.82, 2.24) is 23.7 Å². The first kappa shape index (κ1) is 72.5. The molecule has 1 N–H and O–H groups in total. The number of fused-ring (bicyclic) bond motifs is 33. The Labute approximate surface area is 752 Å². The number of H-pyrrole nitrogens is 1. The number of thiophene rings is 3. The molecule has 20 aromatic carbocycles. The Balaban J connectivity index is 0.0000000983. The third-order valence-corrected chi connectivity index (χ3v) is 31.0. The molecule has 0 fully saturated rings. The van der Waals surface area contributed by atoms with Crippen molar-refractivity contribution < 1.29 is 0 Å². The number of hydrogen-bond acceptors (Lipinski definition) is 4. The Hall–Kier alpha value is -15.8. The maximum Gasteiger partial charge on any atom is 0.145 e. The largest absolute Gasteiger partial charge is 0.354 e. The van der Waals surface area contributed by atoms with Crippen LogP contribution in [0.15, 0.2) is 413 Å². The van der Waals surface area contributed by atoms with Crippen molar-refractivity contribution in [3.05, 3.63) is 435 Å². The van der Waals surface area contributed by atoms with Gasteiger partial charge in [-0.05, 0) is 251 Å². The summed E-state index contributed by atoms with van der Waals surface area (Å²) >= 11 is 5.71. The van der Waals surface area contributed by atoms with E-state index in [0.29, 0.717) is 0 Å². The van der Waals surface area contributed by atoms with Gasteiger partial charge < -0.3 is 14.1 Å². The highest BCUT2D eigenvalue weighted by Gasteiger charge is 2.28. The molecule has 8 heteroatoms. The number of para-hydroxylation sites is 2. The van der Waals surface area contributed by atoms with Crippen molar-refractivity contribution in [1.29, 1.82) is 0 Å². The molecule has 2 aliphatic carbocycles. The van der Waals surface area contributed by atoms with Crippen LogP contribution in [-0.4, -0.2) is 23.7 Å². The first-order valence-electron chi connectivity index (χ1n) is 44.3. The smallest absolute Gasteiger partial charge is 0.145 e. The second kappa shape index (κ2) is 28.4. The molecule has 0 atom stereocenters. The maximum atomic E-state index is 4.90. The topological polar surface area (TPSA) is 43.5 Å². The number of nitrogens with one attached hydrogen (secondary N) is 1. The summed E-state index contributed by atoms with van der Waals surface area (Å²) in [5, 5.41) is 25.9. The van der Waals surface area contributed by atoms with E-state index < -0.39 is 0 Å². The molecule has 5 nitrogen and oxygen atoms in total. The van der Waals surface area contributed by atoms with Gasteiger partial charge in [0.15, 0.2) is 0 Å². The molecule has 0 saturated heterocycles. The average Bonchev–Trinajstić information content (AvgIpc) is 1.56. The molecule has 0 radical (unpaired) electrons. The summed E-state index contributed by atoms with van der Waals surface area (Å²) in [6.45, 7) is 0. The number of benzene rings is 20. The molecule has 0 amide bonds. The molecular weight excluding hydrogens is 1620 g/mol. The molecule has 0 aliphatic heterocycles. The fourth-order valence-electron chi connectivity index (χ4n) is 21.9. The van der Waals surface area contributed by atoms with Gasteiger partial charge in [0.1, 0.15) is 5.65 Å². The highest BCUT2D eigenvalue weighted by atomic mass is 32.1. The Morgan fingerprint density at radius 1 is 0.225 bits per heavy atom. The molecule has 0 saturated carbocycles. The third kappa shape index (κ3) is 11.2. The highest BCUT2D eigenvalue weighted by molar-refractivity contribution is 7.27. The Morgan fingerprint density at radius 2 is 0.690 bits per heavy atom. The molecule has 28 aromatic rings. The molecule has 8 aromatic heterocycles. The summed E-state index contributed by atoms with van der Waals surface area (Å²) in [5.41, 5.74) is 31.8. The van der Waals surface area contributed by atoms with Crippen LogP contribution in [0.1, 0.15) is 22.3 Å². The van der Waals surface area contributed by atoms with E-state index in [1.807, 2.05) is 46.3 Å². The normalized spacial score (nSPS) is 12.4. The number of aromatic amines is 1. The fraction of sp³-hybridized carbons (Fsp3) is 0.0165. The zero-order chi connectivity index (χ0) is 84.2. The molecule has 600 valence electrons. The van der Waals surface area contributed by atoms with Gasteiger partial charge in [-0.15, -0.1) is 34.0 Å². The lowest BCUT2D eigenvalue weighted by atomic mass is 9.98. The van der Waals surface area contributed by atoms with Gasteiger partial charge in [-0.25, -0.2) is 4.98 Å². The van der Waals surface area contributed by atoms with E-state index in [2.05, 4.69) is 419 Å². The lowest BCUT2D eigenvalue weighted by Gasteiger charge is -2.14. The van der Waals surface area contributed by atoms with Crippen LogP contribution in [0.3, 0.4) is 0 Å². The fourth-order valence-corrected chi connectivity index (χ4v) is 25.3. The van der Waals surface area contributed by atoms with E-state index in [1.165, 1.54) is 253 Å². The standard InChI is InChI=1S/C45H27N3S.C39H23NS.C37H23NS/c1-2-8-27(9-3-1)30-12-6-13-33(21-30)48-42-26-44-38(23-37(42)34-14-7-19-46-45(34)48)39-24-41-36(25-43(39)49-44)35-22-32(17-18-40(35)47-41)31-16-15-28-10-4-5-11-29(28)20-31;1-3-11-26-24(10-1)20-34(29-14-6-5-13-28(26)29)40-33-16-8-7-15-30(33)31-21-32-37(22-35(31)40)41-36-18-17-25-19-23-9-2-4-12-27(23)38(25)39(32)36;1-2-9-23(10-3-1)24-12-8-13-27(20-24)38-32-16-7-6-15-29(32)30-21-31-35(22-33(30)38)39-34-18-17-26-19-25-11-4-5-14-28(25)36(26)37(31)34/h1-26,47H;1-18,20-22H,19H2;1-18,20-22H,19H2. The maximum absolute atomic E-state index is 4.90. The summed E-state index contributed by atoms with van der Waals surface area (Å²) < 4.78 is 15.3. The molecule has 0 bridgehead atoms. The Bertz CT molecular complexity index is 9660. The van der Waals surface area contributed by atoms with Crippen LogP contribution in [0, 0.1) is 0 Å². The van der Waals surface area contributed by atoms with E-state index >= 15 is 0 Å². The molecule has 0 unspecified atom stereocenters. The predicted molar refractivity (Wildman–Crippen MR) is 553 cm³/mol. The molecule has 129 heavy (non-hydrogen) atoms. The number of pyridine rings is 1. The third-order valence-electron chi connectivity index (χ3n) is 27.7. The lowest BCUT2D eigenvalue weighted by molar-refractivity contribution is 1.14. The molecule has 0 spiro atoms. The van der Waals surface area contributed by atoms with Crippen molar-refractivity contribution in [2.24, 2.45) is 0 Å². The lowest BCUT2D eigenvalue weighted by Crippen LogP contribution is -1.96. The quantitative estimate of drug-likeness (QED) is 0.166. The summed E-state index contributed by atoms with van der Waals surface area (Å²) in [6.07, 6.45) is 3.95. The minimum Gasteiger partial charge on any atom is -0.354 e. The second-order valence-electron chi connectivity index (χ2n) is 34.8. The predicted octanol–water partition coefficient (Wildman–Crippen LogP) is 34.1. The van der Waals surface area contributed by atoms with Crippen molar-refractivity contribution >= 4 is 214 Å². The summed E-state index contributed by atoms with van der Waals surface area (Å²) in [4.78, 5) is 8.64. The van der Waals surface area contributed by atoms with Crippen molar-refractivity contribution in [2.75, 3.05) is 0 Å². The van der Waals surface area contributed by atoms with Gasteiger partial charge in [-0.3, -0.25) is 4.57 Å². The first-order chi connectivity index (χ1) is 63.9. The Kier molecular flexibility index (Phi) is 15.9. The zero-order valence-electron chi connectivity index (χ0n) is 69.7. The molecule has 2 aliphatic rings. The van der Waals surface area contributed by atoms with E-state index in [-0.39, 0.29) is 0 Å². The second-order valence-corrected chi connectivity index (χ2v) is 38.0. The Morgan fingerprint density at radius 3 is 1.36 bits per heavy atom. The highest BCUT2D eigenvalue weighted by Crippen LogP contribution is 2.53. The van der Waals surface area contributed by atoms with Crippen LogP contribution in [0.25, 0.3) is 253 Å². The van der Waals surface area contributed by atoms with E-state index in [1.54, 1.807) is 0 Å². The van der Waals surface area contributed by atoms with Crippen molar-refractivity contribution in [3.8, 4) is 72.7 Å². The molecular formula is C121H73N5S3. The van der Waals surface area contributed by atoms with Gasteiger partial charge in [0, 0.05) is 138 Å². The minimum absolute atomic E-state index is 0.977. The molecule has 30 rings (SSSR count). The minimum atomic E-state index is 0.977. The molecule has 8 heterocycles. The van der Waals surface area contributed by atoms with Crippen LogP contribution in [0.2, 0.25) is 0 Å². The van der Waals surface area contributed by atoms with Gasteiger partial charge in [-0.1, -0.05) is 273 Å². The van der Waals surface area contributed by atoms with Crippen LogP contribution < -0.4 is 0 Å². The monoisotopic (exact) mass is 1690 g/mol. The summed E-state index contributed by atoms with van der Waals surface area (Å²) in [6, 6.07) is 150. The summed E-state index contributed by atoms with van der Waals surface area (Å²) in [7, 11) is 0. The number of nitrogens with zero attached hydrogens (tertiary/aromatic N) is 4. The van der Waals surface area contributed by atoms with E-state index in [9.17, 15) is 0 Å². The van der Waals surface area contributed by atoms with Crippen molar-refractivity contribution in [2.45, 2.75) is 12.8 Å². The van der Waals surface area contributed by atoms with E-state index in [0.717, 1.165) is 35.1 Å². The number of hydrogen-bond donors (Lipinski definition) is 1. The van der Waals surface area contributed by atoms with Gasteiger partial charge >= 0.3 is 0 Å². The van der Waals surface area contributed by atoms with E-state index in [4.69, 9.17) is 4.98 Å². The van der Waals surface area contributed by atoms with Gasteiger partial charge in [-0.2, -0.15) is 0 Å². The first-order valence-corrected chi connectivity index (χ1v) is 46.8.